The van der Waals surface area contributed by atoms with Crippen molar-refractivity contribution in [3.8, 4) is 0 Å². The topological polar surface area (TPSA) is 35.2 Å². The summed E-state index contributed by atoms with van der Waals surface area (Å²) in [4.78, 5) is 0. The highest BCUT2D eigenvalue weighted by Crippen LogP contribution is 2.37. The van der Waals surface area contributed by atoms with Crippen molar-refractivity contribution in [2.75, 3.05) is 6.61 Å². The van der Waals surface area contributed by atoms with E-state index in [0.717, 1.165) is 12.5 Å². The van der Waals surface area contributed by atoms with Crippen LogP contribution in [0.25, 0.3) is 0 Å². The fraction of sp³-hybridized carbons (Fsp3) is 0.500. The molecule has 0 bridgehead atoms. The van der Waals surface area contributed by atoms with E-state index >= 15 is 0 Å². The zero-order valence-electron chi connectivity index (χ0n) is 9.47. The van der Waals surface area contributed by atoms with Crippen LogP contribution in [0.15, 0.2) is 12.1 Å². The van der Waals surface area contributed by atoms with Crippen molar-refractivity contribution >= 4 is 0 Å². The Balaban J connectivity index is 2.37. The smallest absolute Gasteiger partial charge is 0.194 e. The molecule has 17 heavy (non-hydrogen) atoms. The molecule has 2 unspecified atom stereocenters. The first kappa shape index (κ1) is 12.4. The molecule has 1 aliphatic heterocycles. The molecule has 1 saturated heterocycles. The second kappa shape index (κ2) is 4.31. The summed E-state index contributed by atoms with van der Waals surface area (Å²) in [5, 5.41) is 0. The molecule has 0 saturated carbocycles. The standard InChI is InChI=1S/C12H14F3NO/c1-12(5-2-6-17-12)11(16)7-3-4-8(13)10(15)9(7)14/h3-4,11H,2,5-6,16H2,1H3. The van der Waals surface area contributed by atoms with Crippen LogP contribution in [0.3, 0.4) is 0 Å². The van der Waals surface area contributed by atoms with Crippen LogP contribution in [-0.2, 0) is 4.74 Å². The van der Waals surface area contributed by atoms with Gasteiger partial charge in [-0.3, -0.25) is 0 Å². The van der Waals surface area contributed by atoms with Crippen molar-refractivity contribution in [2.24, 2.45) is 5.73 Å². The summed E-state index contributed by atoms with van der Waals surface area (Å²) in [5.41, 5.74) is 5.14. The lowest BCUT2D eigenvalue weighted by Crippen LogP contribution is -2.38. The van der Waals surface area contributed by atoms with Crippen molar-refractivity contribution in [2.45, 2.75) is 31.4 Å². The van der Waals surface area contributed by atoms with E-state index in [-0.39, 0.29) is 5.56 Å². The molecule has 0 aliphatic carbocycles. The molecule has 94 valence electrons. The van der Waals surface area contributed by atoms with Gasteiger partial charge in [0, 0.05) is 12.2 Å². The number of hydrogen-bond acceptors (Lipinski definition) is 2. The minimum atomic E-state index is -1.49. The van der Waals surface area contributed by atoms with E-state index in [4.69, 9.17) is 10.5 Å². The van der Waals surface area contributed by atoms with E-state index in [0.29, 0.717) is 13.0 Å². The van der Waals surface area contributed by atoms with E-state index < -0.39 is 29.1 Å². The highest BCUT2D eigenvalue weighted by atomic mass is 19.2. The fourth-order valence-electron chi connectivity index (χ4n) is 2.16. The molecule has 0 spiro atoms. The highest BCUT2D eigenvalue weighted by molar-refractivity contribution is 5.26. The normalized spacial score (nSPS) is 26.2. The van der Waals surface area contributed by atoms with Crippen LogP contribution in [0, 0.1) is 17.5 Å². The number of halogens is 3. The second-order valence-electron chi connectivity index (χ2n) is 4.51. The van der Waals surface area contributed by atoms with Gasteiger partial charge in [0.15, 0.2) is 17.5 Å². The lowest BCUT2D eigenvalue weighted by atomic mass is 9.88. The van der Waals surface area contributed by atoms with E-state index in [1.165, 1.54) is 6.07 Å². The summed E-state index contributed by atoms with van der Waals surface area (Å²) in [6, 6.07) is 1.25. The van der Waals surface area contributed by atoms with Gasteiger partial charge < -0.3 is 10.5 Å². The van der Waals surface area contributed by atoms with Gasteiger partial charge in [-0.05, 0) is 25.8 Å². The van der Waals surface area contributed by atoms with Crippen LogP contribution in [0.1, 0.15) is 31.4 Å². The number of nitrogens with two attached hydrogens (primary N) is 1. The van der Waals surface area contributed by atoms with Gasteiger partial charge in [-0.25, -0.2) is 13.2 Å². The van der Waals surface area contributed by atoms with Crippen LogP contribution >= 0.6 is 0 Å². The highest BCUT2D eigenvalue weighted by Gasteiger charge is 2.38. The van der Waals surface area contributed by atoms with Gasteiger partial charge in [0.25, 0.3) is 0 Å². The van der Waals surface area contributed by atoms with Crippen molar-refractivity contribution in [1.29, 1.82) is 0 Å². The molecule has 2 atom stereocenters. The van der Waals surface area contributed by atoms with Crippen molar-refractivity contribution in [1.82, 2.24) is 0 Å². The van der Waals surface area contributed by atoms with Gasteiger partial charge >= 0.3 is 0 Å². The lowest BCUT2D eigenvalue weighted by Gasteiger charge is -2.30. The molecular formula is C12H14F3NO. The zero-order valence-corrected chi connectivity index (χ0v) is 9.47. The second-order valence-corrected chi connectivity index (χ2v) is 4.51. The monoisotopic (exact) mass is 245 g/mol. The molecule has 0 radical (unpaired) electrons. The van der Waals surface area contributed by atoms with Gasteiger partial charge in [0.2, 0.25) is 0 Å². The first-order chi connectivity index (χ1) is 7.96. The maximum absolute atomic E-state index is 13.6. The summed E-state index contributed by atoms with van der Waals surface area (Å²) in [5.74, 6) is -3.93. The van der Waals surface area contributed by atoms with Crippen LogP contribution < -0.4 is 5.73 Å². The van der Waals surface area contributed by atoms with Crippen LogP contribution in [-0.4, -0.2) is 12.2 Å². The number of rotatable bonds is 2. The molecule has 0 amide bonds. The summed E-state index contributed by atoms with van der Waals surface area (Å²) in [6.45, 7) is 2.31. The Morgan fingerprint density at radius 1 is 1.29 bits per heavy atom. The zero-order chi connectivity index (χ0) is 12.6. The number of ether oxygens (including phenoxy) is 1. The Bertz CT molecular complexity index is 430. The van der Waals surface area contributed by atoms with Gasteiger partial charge in [0.05, 0.1) is 11.6 Å². The first-order valence-electron chi connectivity index (χ1n) is 5.48. The molecule has 2 nitrogen and oxygen atoms in total. The number of hydrogen-bond donors (Lipinski definition) is 1. The Kier molecular flexibility index (Phi) is 3.14. The fourth-order valence-corrected chi connectivity index (χ4v) is 2.16. The quantitative estimate of drug-likeness (QED) is 0.813. The van der Waals surface area contributed by atoms with Gasteiger partial charge in [-0.2, -0.15) is 0 Å². The predicted octanol–water partition coefficient (Wildman–Crippen LogP) is 2.67. The summed E-state index contributed by atoms with van der Waals surface area (Å²) >= 11 is 0. The minimum Gasteiger partial charge on any atom is -0.373 e. The maximum atomic E-state index is 13.6. The minimum absolute atomic E-state index is 0.0479. The molecule has 2 N–H and O–H groups in total. The maximum Gasteiger partial charge on any atom is 0.194 e. The molecule has 1 aliphatic rings. The van der Waals surface area contributed by atoms with Gasteiger partial charge in [0.1, 0.15) is 0 Å². The Morgan fingerprint density at radius 2 is 2.00 bits per heavy atom. The van der Waals surface area contributed by atoms with Crippen molar-refractivity contribution in [3.05, 3.63) is 35.1 Å². The third-order valence-electron chi connectivity index (χ3n) is 3.31. The van der Waals surface area contributed by atoms with E-state index in [1.54, 1.807) is 6.92 Å². The summed E-state index contributed by atoms with van der Waals surface area (Å²) in [7, 11) is 0. The van der Waals surface area contributed by atoms with Crippen LogP contribution in [0.5, 0.6) is 0 Å². The average Bonchev–Trinajstić information content (AvgIpc) is 2.74. The molecule has 1 fully saturated rings. The Hall–Kier alpha value is -1.07. The van der Waals surface area contributed by atoms with Crippen molar-refractivity contribution < 1.29 is 17.9 Å². The average molecular weight is 245 g/mol. The lowest BCUT2D eigenvalue weighted by molar-refractivity contribution is -0.00275. The predicted molar refractivity (Wildman–Crippen MR) is 56.8 cm³/mol. The summed E-state index contributed by atoms with van der Waals surface area (Å²) < 4.78 is 45.0. The molecule has 2 rings (SSSR count). The third kappa shape index (κ3) is 2.05. The largest absolute Gasteiger partial charge is 0.373 e. The van der Waals surface area contributed by atoms with E-state index in [2.05, 4.69) is 0 Å². The Morgan fingerprint density at radius 3 is 2.59 bits per heavy atom. The molecule has 1 heterocycles. The van der Waals surface area contributed by atoms with E-state index in [1.807, 2.05) is 0 Å². The van der Waals surface area contributed by atoms with Crippen LogP contribution in [0.4, 0.5) is 13.2 Å². The van der Waals surface area contributed by atoms with Gasteiger partial charge in [-0.15, -0.1) is 0 Å². The SMILES string of the molecule is CC1(C(N)c2ccc(F)c(F)c2F)CCCO1. The summed E-state index contributed by atoms with van der Waals surface area (Å²) in [6.07, 6.45) is 1.50. The van der Waals surface area contributed by atoms with Crippen LogP contribution in [0.2, 0.25) is 0 Å². The third-order valence-corrected chi connectivity index (χ3v) is 3.31. The van der Waals surface area contributed by atoms with Crippen molar-refractivity contribution in [3.63, 3.8) is 0 Å². The number of benzene rings is 1. The molecule has 1 aromatic carbocycles. The first-order valence-corrected chi connectivity index (χ1v) is 5.48. The van der Waals surface area contributed by atoms with Gasteiger partial charge in [-0.1, -0.05) is 6.07 Å². The molecule has 1 aromatic rings. The molecule has 0 aromatic heterocycles. The molecular weight excluding hydrogens is 231 g/mol. The Labute approximate surface area is 97.6 Å². The van der Waals surface area contributed by atoms with E-state index in [9.17, 15) is 13.2 Å². The molecule has 5 heteroatoms.